The van der Waals surface area contributed by atoms with E-state index in [0.717, 1.165) is 33.6 Å². The second-order valence-corrected chi connectivity index (χ2v) is 15.5. The number of nitrogens with one attached hydrogen (secondary N) is 2. The van der Waals surface area contributed by atoms with E-state index in [1.807, 2.05) is 6.92 Å². The molecule has 55 heavy (non-hydrogen) atoms. The van der Waals surface area contributed by atoms with Crippen molar-refractivity contribution < 1.29 is 33.3 Å². The van der Waals surface area contributed by atoms with E-state index < -0.39 is 35.7 Å². The number of alkyl carbamates (subject to hydrolysis) is 1. The smallest absolute Gasteiger partial charge is 0.408 e. The topological polar surface area (TPSA) is 135 Å². The molecule has 0 radical (unpaired) electrons. The molecule has 3 aliphatic heterocycles. The summed E-state index contributed by atoms with van der Waals surface area (Å²) < 4.78 is 30.7. The van der Waals surface area contributed by atoms with Crippen molar-refractivity contribution in [3.8, 4) is 29.1 Å². The Kier molecular flexibility index (Phi) is 12.6. The van der Waals surface area contributed by atoms with Crippen molar-refractivity contribution in [1.29, 1.82) is 5.26 Å². The average Bonchev–Trinajstić information content (AvgIpc) is 3.11. The van der Waals surface area contributed by atoms with Gasteiger partial charge in [-0.25, -0.2) is 4.79 Å². The van der Waals surface area contributed by atoms with Gasteiger partial charge in [-0.15, -0.1) is 0 Å². The first-order chi connectivity index (χ1) is 26.1. The summed E-state index contributed by atoms with van der Waals surface area (Å²) in [6.07, 6.45) is 5.50. The van der Waals surface area contributed by atoms with Gasteiger partial charge in [0.15, 0.2) is 11.5 Å². The number of nitriles is 1. The lowest BCUT2D eigenvalue weighted by atomic mass is 9.71. The molecule has 0 spiro atoms. The van der Waals surface area contributed by atoms with Crippen molar-refractivity contribution in [1.82, 2.24) is 20.4 Å². The van der Waals surface area contributed by atoms with Crippen LogP contribution in [0.5, 0.6) is 23.0 Å². The number of carbonyl (C=O) groups excluding carboxylic acids is 2. The van der Waals surface area contributed by atoms with Gasteiger partial charge in [0, 0.05) is 35.3 Å². The van der Waals surface area contributed by atoms with Crippen molar-refractivity contribution in [2.45, 2.75) is 103 Å². The highest BCUT2D eigenvalue weighted by Gasteiger charge is 2.56. The molecule has 0 aromatic heterocycles. The molecule has 0 saturated carbocycles. The molecule has 12 nitrogen and oxygen atoms in total. The molecular formula is C43H57N5O7. The fourth-order valence-corrected chi connectivity index (χ4v) is 8.74. The molecule has 5 rings (SSSR count). The summed E-state index contributed by atoms with van der Waals surface area (Å²) in [6, 6.07) is 2.31. The molecule has 2 bridgehead atoms. The number of nitrogens with zero attached hydrogens (tertiary/aromatic N) is 3. The largest absolute Gasteiger partial charge is 0.496 e. The van der Waals surface area contributed by atoms with Crippen LogP contribution in [0.15, 0.2) is 44.0 Å². The van der Waals surface area contributed by atoms with E-state index >= 15 is 0 Å². The second kappa shape index (κ2) is 16.8. The number of fused-ring (bicyclic) bond motifs is 7. The Morgan fingerprint density at radius 3 is 2.15 bits per heavy atom. The Morgan fingerprint density at radius 1 is 0.945 bits per heavy atom. The van der Waals surface area contributed by atoms with Crippen LogP contribution in [-0.2, 0) is 22.4 Å². The number of ether oxygens (including phenoxy) is 5. The Labute approximate surface area is 326 Å². The molecule has 1 saturated heterocycles. The summed E-state index contributed by atoms with van der Waals surface area (Å²) in [5.41, 5.74) is 6.21. The molecule has 2 aromatic rings. The molecule has 296 valence electrons. The minimum Gasteiger partial charge on any atom is -0.496 e. The lowest BCUT2D eigenvalue weighted by Gasteiger charge is -2.60. The molecule has 2 aromatic carbocycles. The standard InChI is InChI=1S/C43H57N5O7/c1-13-16-52-38-26(6)39(53-17-14-2)40(54-18-15-3)35-29(38)21-31-36-34-25(5)37(51-12)24(4)19-28(34)20-30(47(36)11)32(22-44)48(31)33(35)23-45-41(49)27(7)46-42(50)55-43(8,9)10/h13-15,19,27,30-33,36H,1-3,16-18,20-21,23H2,4-12H3,(H,45,49)(H,46,50)/t27-,30-,31-,32-,33-,36-/m0/s1. The third-order valence-electron chi connectivity index (χ3n) is 10.8. The fraction of sp³-hybridized carbons (Fsp3) is 0.512. The number of hydrogen-bond acceptors (Lipinski definition) is 10. The van der Waals surface area contributed by atoms with Gasteiger partial charge in [-0.3, -0.25) is 14.6 Å². The first-order valence-electron chi connectivity index (χ1n) is 18.9. The molecule has 6 atom stereocenters. The van der Waals surface area contributed by atoms with E-state index in [-0.39, 0.29) is 44.5 Å². The third kappa shape index (κ3) is 7.91. The normalized spacial score (nSPS) is 22.0. The van der Waals surface area contributed by atoms with E-state index in [1.165, 1.54) is 11.1 Å². The van der Waals surface area contributed by atoms with Gasteiger partial charge < -0.3 is 34.3 Å². The zero-order valence-corrected chi connectivity index (χ0v) is 33.8. The number of carbonyl (C=O) groups is 2. The van der Waals surface area contributed by atoms with E-state index in [4.69, 9.17) is 23.7 Å². The van der Waals surface area contributed by atoms with Gasteiger partial charge in [-0.1, -0.05) is 44.0 Å². The fourth-order valence-electron chi connectivity index (χ4n) is 8.74. The summed E-state index contributed by atoms with van der Waals surface area (Å²) in [4.78, 5) is 31.0. The number of hydrogen-bond donors (Lipinski definition) is 2. The summed E-state index contributed by atoms with van der Waals surface area (Å²) in [6.45, 7) is 25.4. The SMILES string of the molecule is C=CCOc1c(C)c(OCC=C)c(OCC=C)c2c1C[C@H]1[C@H]3c4c(cc(C)c(OC)c4C)C[C@@H]([C@H](C#N)N1[C@H]2CNC(=O)[C@H](C)NC(=O)OC(C)(C)C)N3C. The van der Waals surface area contributed by atoms with Crippen LogP contribution in [0, 0.1) is 32.1 Å². The molecule has 12 heteroatoms. The van der Waals surface area contributed by atoms with Crippen molar-refractivity contribution in [3.05, 3.63) is 83.0 Å². The summed E-state index contributed by atoms with van der Waals surface area (Å²) in [5, 5.41) is 16.9. The summed E-state index contributed by atoms with van der Waals surface area (Å²) in [7, 11) is 3.81. The van der Waals surface area contributed by atoms with Crippen LogP contribution in [0.1, 0.15) is 78.7 Å². The maximum Gasteiger partial charge on any atom is 0.408 e. The quantitative estimate of drug-likeness (QED) is 0.218. The van der Waals surface area contributed by atoms with E-state index in [0.29, 0.717) is 30.1 Å². The van der Waals surface area contributed by atoms with E-state index in [2.05, 4.69) is 73.2 Å². The molecule has 0 unspecified atom stereocenters. The van der Waals surface area contributed by atoms with Crippen LogP contribution in [0.4, 0.5) is 4.79 Å². The molecule has 0 aliphatic carbocycles. The van der Waals surface area contributed by atoms with Crippen LogP contribution < -0.4 is 29.6 Å². The van der Waals surface area contributed by atoms with Gasteiger partial charge in [0.1, 0.15) is 49.0 Å². The molecule has 1 fully saturated rings. The number of rotatable bonds is 14. The maximum atomic E-state index is 13.8. The Balaban J connectivity index is 1.74. The third-order valence-corrected chi connectivity index (χ3v) is 10.8. The molecule has 3 aliphatic rings. The van der Waals surface area contributed by atoms with Crippen LogP contribution in [0.3, 0.4) is 0 Å². The van der Waals surface area contributed by atoms with Gasteiger partial charge >= 0.3 is 6.09 Å². The molecule has 2 amide bonds. The zero-order chi connectivity index (χ0) is 40.4. The van der Waals surface area contributed by atoms with Gasteiger partial charge in [0.25, 0.3) is 0 Å². The Morgan fingerprint density at radius 2 is 1.56 bits per heavy atom. The van der Waals surface area contributed by atoms with Crippen molar-refractivity contribution in [2.24, 2.45) is 0 Å². The predicted molar refractivity (Wildman–Crippen MR) is 212 cm³/mol. The van der Waals surface area contributed by atoms with E-state index in [1.54, 1.807) is 53.0 Å². The minimum atomic E-state index is -0.912. The predicted octanol–water partition coefficient (Wildman–Crippen LogP) is 6.12. The van der Waals surface area contributed by atoms with Crippen molar-refractivity contribution in [3.63, 3.8) is 0 Å². The van der Waals surface area contributed by atoms with Crippen LogP contribution in [0.2, 0.25) is 0 Å². The first kappa shape index (κ1) is 41.2. The van der Waals surface area contributed by atoms with Crippen molar-refractivity contribution in [2.75, 3.05) is 40.5 Å². The lowest BCUT2D eigenvalue weighted by Crippen LogP contribution is -2.69. The number of methoxy groups -OCH3 is 1. The molecular weight excluding hydrogens is 699 g/mol. The number of aryl methyl sites for hydroxylation is 1. The van der Waals surface area contributed by atoms with Crippen LogP contribution >= 0.6 is 0 Å². The summed E-state index contributed by atoms with van der Waals surface area (Å²) in [5.74, 6) is 2.06. The van der Waals surface area contributed by atoms with Crippen molar-refractivity contribution >= 4 is 12.0 Å². The maximum absolute atomic E-state index is 13.8. The lowest BCUT2D eigenvalue weighted by molar-refractivity contribution is -0.123. The monoisotopic (exact) mass is 755 g/mol. The van der Waals surface area contributed by atoms with E-state index in [9.17, 15) is 14.9 Å². The second-order valence-electron chi connectivity index (χ2n) is 15.5. The summed E-state index contributed by atoms with van der Waals surface area (Å²) >= 11 is 0. The highest BCUT2D eigenvalue weighted by Crippen LogP contribution is 2.56. The van der Waals surface area contributed by atoms with Crippen LogP contribution in [0.25, 0.3) is 0 Å². The highest BCUT2D eigenvalue weighted by molar-refractivity contribution is 5.85. The Hall–Kier alpha value is -4.99. The number of amides is 2. The zero-order valence-electron chi connectivity index (χ0n) is 33.8. The van der Waals surface area contributed by atoms with Gasteiger partial charge in [0.2, 0.25) is 5.91 Å². The van der Waals surface area contributed by atoms with Gasteiger partial charge in [-0.2, -0.15) is 5.26 Å². The van der Waals surface area contributed by atoms with Gasteiger partial charge in [0.05, 0.1) is 25.3 Å². The number of likely N-dealkylation sites (N-methyl/N-ethyl adjacent to an activating group) is 1. The molecule has 3 heterocycles. The minimum absolute atomic E-state index is 0.0857. The number of piperazine rings is 1. The van der Waals surface area contributed by atoms with Gasteiger partial charge in [-0.05, 0) is 90.6 Å². The first-order valence-corrected chi connectivity index (χ1v) is 18.9. The number of benzene rings is 2. The average molecular weight is 756 g/mol. The molecule has 2 N–H and O–H groups in total. The van der Waals surface area contributed by atoms with Crippen LogP contribution in [-0.4, -0.2) is 92.1 Å². The highest BCUT2D eigenvalue weighted by atomic mass is 16.6. The Bertz CT molecular complexity index is 1880.